The van der Waals surface area contributed by atoms with Crippen LogP contribution in [0.5, 0.6) is 0 Å². The van der Waals surface area contributed by atoms with E-state index < -0.39 is 0 Å². The standard InChI is InChI=1S/C8H13ClO2/c1-2-11-8(10)7-5-6(7)3-4-9/h6-7H,2-5H2,1H3. The fourth-order valence-electron chi connectivity index (χ4n) is 1.24. The summed E-state index contributed by atoms with van der Waals surface area (Å²) in [5.41, 5.74) is 0. The molecule has 0 heterocycles. The van der Waals surface area contributed by atoms with E-state index in [1.807, 2.05) is 6.92 Å². The van der Waals surface area contributed by atoms with Crippen LogP contribution in [0.3, 0.4) is 0 Å². The molecule has 0 saturated heterocycles. The lowest BCUT2D eigenvalue weighted by molar-refractivity contribution is -0.145. The van der Waals surface area contributed by atoms with E-state index in [2.05, 4.69) is 0 Å². The van der Waals surface area contributed by atoms with E-state index in [1.54, 1.807) is 0 Å². The number of esters is 1. The van der Waals surface area contributed by atoms with Crippen LogP contribution in [0, 0.1) is 11.8 Å². The molecule has 1 rings (SSSR count). The number of halogens is 1. The number of hydrogen-bond acceptors (Lipinski definition) is 2. The molecule has 0 spiro atoms. The number of carbonyl (C=O) groups is 1. The second-order valence-corrected chi connectivity index (χ2v) is 3.21. The van der Waals surface area contributed by atoms with Gasteiger partial charge in [0.25, 0.3) is 0 Å². The van der Waals surface area contributed by atoms with Gasteiger partial charge in [-0.25, -0.2) is 0 Å². The lowest BCUT2D eigenvalue weighted by Gasteiger charge is -1.98. The highest BCUT2D eigenvalue weighted by Gasteiger charge is 2.43. The van der Waals surface area contributed by atoms with Gasteiger partial charge in [0.05, 0.1) is 12.5 Å². The van der Waals surface area contributed by atoms with Gasteiger partial charge < -0.3 is 4.74 Å². The van der Waals surface area contributed by atoms with Gasteiger partial charge in [-0.3, -0.25) is 4.79 Å². The van der Waals surface area contributed by atoms with Crippen LogP contribution in [0.1, 0.15) is 19.8 Å². The van der Waals surface area contributed by atoms with Crippen molar-refractivity contribution >= 4 is 17.6 Å². The van der Waals surface area contributed by atoms with E-state index in [0.717, 1.165) is 12.8 Å². The Hall–Kier alpha value is -0.240. The number of hydrogen-bond donors (Lipinski definition) is 0. The first-order chi connectivity index (χ1) is 5.29. The summed E-state index contributed by atoms with van der Waals surface area (Å²) in [7, 11) is 0. The first-order valence-corrected chi connectivity index (χ1v) is 4.55. The molecule has 0 aromatic rings. The quantitative estimate of drug-likeness (QED) is 0.483. The highest BCUT2D eigenvalue weighted by Crippen LogP contribution is 2.42. The van der Waals surface area contributed by atoms with Crippen LogP contribution in [0.25, 0.3) is 0 Å². The van der Waals surface area contributed by atoms with Crippen molar-refractivity contribution in [1.82, 2.24) is 0 Å². The summed E-state index contributed by atoms with van der Waals surface area (Å²) in [6.45, 7) is 2.32. The Labute approximate surface area is 71.9 Å². The Kier molecular flexibility index (Phi) is 3.18. The summed E-state index contributed by atoms with van der Waals surface area (Å²) >= 11 is 5.53. The maximum atomic E-state index is 11.0. The normalized spacial score (nSPS) is 28.2. The van der Waals surface area contributed by atoms with Gasteiger partial charge in [-0.1, -0.05) is 0 Å². The molecule has 0 aromatic carbocycles. The second kappa shape index (κ2) is 3.96. The molecule has 1 saturated carbocycles. The van der Waals surface area contributed by atoms with Crippen LogP contribution < -0.4 is 0 Å². The van der Waals surface area contributed by atoms with Crippen molar-refractivity contribution in [3.8, 4) is 0 Å². The molecule has 11 heavy (non-hydrogen) atoms. The Bertz CT molecular complexity index is 147. The molecular formula is C8H13ClO2. The molecule has 3 heteroatoms. The van der Waals surface area contributed by atoms with Crippen LogP contribution in [0.2, 0.25) is 0 Å². The number of ether oxygens (including phenoxy) is 1. The van der Waals surface area contributed by atoms with Crippen LogP contribution in [-0.2, 0) is 9.53 Å². The maximum Gasteiger partial charge on any atom is 0.309 e. The molecule has 0 bridgehead atoms. The third-order valence-corrected chi connectivity index (χ3v) is 2.21. The van der Waals surface area contributed by atoms with Gasteiger partial charge >= 0.3 is 5.97 Å². The lowest BCUT2D eigenvalue weighted by atomic mass is 10.2. The fraction of sp³-hybridized carbons (Fsp3) is 0.875. The van der Waals surface area contributed by atoms with E-state index >= 15 is 0 Å². The highest BCUT2D eigenvalue weighted by atomic mass is 35.5. The summed E-state index contributed by atoms with van der Waals surface area (Å²) in [6, 6.07) is 0. The van der Waals surface area contributed by atoms with Gasteiger partial charge in [-0.05, 0) is 25.7 Å². The highest BCUT2D eigenvalue weighted by molar-refractivity contribution is 6.17. The van der Waals surface area contributed by atoms with Crippen molar-refractivity contribution in [1.29, 1.82) is 0 Å². The summed E-state index contributed by atoms with van der Waals surface area (Å²) in [6.07, 6.45) is 1.93. The third kappa shape index (κ3) is 2.37. The van der Waals surface area contributed by atoms with Crippen LogP contribution >= 0.6 is 11.6 Å². The lowest BCUT2D eigenvalue weighted by Crippen LogP contribution is -2.07. The number of alkyl halides is 1. The zero-order valence-corrected chi connectivity index (χ0v) is 7.43. The third-order valence-electron chi connectivity index (χ3n) is 1.99. The largest absolute Gasteiger partial charge is 0.466 e. The zero-order valence-electron chi connectivity index (χ0n) is 6.68. The Morgan fingerprint density at radius 3 is 3.00 bits per heavy atom. The van der Waals surface area contributed by atoms with Crippen molar-refractivity contribution in [2.75, 3.05) is 12.5 Å². The average Bonchev–Trinajstić information content (AvgIpc) is 2.69. The zero-order chi connectivity index (χ0) is 8.27. The summed E-state index contributed by atoms with van der Waals surface area (Å²) < 4.78 is 4.86. The van der Waals surface area contributed by atoms with Crippen molar-refractivity contribution in [2.24, 2.45) is 11.8 Å². The second-order valence-electron chi connectivity index (χ2n) is 2.83. The van der Waals surface area contributed by atoms with E-state index in [4.69, 9.17) is 16.3 Å². The molecule has 0 N–H and O–H groups in total. The van der Waals surface area contributed by atoms with Crippen molar-refractivity contribution < 1.29 is 9.53 Å². The monoisotopic (exact) mass is 176 g/mol. The first-order valence-electron chi connectivity index (χ1n) is 4.02. The molecule has 2 nitrogen and oxygen atoms in total. The van der Waals surface area contributed by atoms with Gasteiger partial charge in [-0.15, -0.1) is 11.6 Å². The minimum Gasteiger partial charge on any atom is -0.466 e. The van der Waals surface area contributed by atoms with Crippen LogP contribution in [0.4, 0.5) is 0 Å². The van der Waals surface area contributed by atoms with Gasteiger partial charge in [-0.2, -0.15) is 0 Å². The van der Waals surface area contributed by atoms with Crippen molar-refractivity contribution in [3.63, 3.8) is 0 Å². The molecule has 64 valence electrons. The molecular weight excluding hydrogens is 164 g/mol. The molecule has 0 aromatic heterocycles. The van der Waals surface area contributed by atoms with Crippen molar-refractivity contribution in [3.05, 3.63) is 0 Å². The molecule has 2 unspecified atom stereocenters. The summed E-state index contributed by atoms with van der Waals surface area (Å²) in [5.74, 6) is 1.28. The summed E-state index contributed by atoms with van der Waals surface area (Å²) in [5, 5.41) is 0. The number of carbonyl (C=O) groups excluding carboxylic acids is 1. The Morgan fingerprint density at radius 1 is 1.73 bits per heavy atom. The first kappa shape index (κ1) is 8.85. The molecule has 0 aliphatic heterocycles. The van der Waals surface area contributed by atoms with Gasteiger partial charge in [0, 0.05) is 5.88 Å². The average molecular weight is 177 g/mol. The predicted octanol–water partition coefficient (Wildman–Crippen LogP) is 1.81. The van der Waals surface area contributed by atoms with Crippen molar-refractivity contribution in [2.45, 2.75) is 19.8 Å². The molecule has 0 amide bonds. The van der Waals surface area contributed by atoms with E-state index in [1.165, 1.54) is 0 Å². The molecule has 1 fully saturated rings. The Balaban J connectivity index is 2.15. The summed E-state index contributed by atoms with van der Waals surface area (Å²) in [4.78, 5) is 11.0. The van der Waals surface area contributed by atoms with E-state index in [0.29, 0.717) is 18.4 Å². The minimum atomic E-state index is -0.0392. The van der Waals surface area contributed by atoms with Gasteiger partial charge in [0.1, 0.15) is 0 Å². The Morgan fingerprint density at radius 2 is 2.45 bits per heavy atom. The molecule has 1 aliphatic rings. The van der Waals surface area contributed by atoms with E-state index in [9.17, 15) is 4.79 Å². The molecule has 2 atom stereocenters. The topological polar surface area (TPSA) is 26.3 Å². The van der Waals surface area contributed by atoms with Crippen LogP contribution in [-0.4, -0.2) is 18.5 Å². The van der Waals surface area contributed by atoms with E-state index in [-0.39, 0.29) is 11.9 Å². The fourth-order valence-corrected chi connectivity index (χ4v) is 1.53. The van der Waals surface area contributed by atoms with Gasteiger partial charge in [0.2, 0.25) is 0 Å². The molecule has 0 radical (unpaired) electrons. The molecule has 1 aliphatic carbocycles. The van der Waals surface area contributed by atoms with Gasteiger partial charge in [0.15, 0.2) is 0 Å². The number of rotatable bonds is 4. The SMILES string of the molecule is CCOC(=O)C1CC1CCCl. The smallest absolute Gasteiger partial charge is 0.309 e. The van der Waals surface area contributed by atoms with Crippen LogP contribution in [0.15, 0.2) is 0 Å². The minimum absolute atomic E-state index is 0.0392. The maximum absolute atomic E-state index is 11.0. The predicted molar refractivity (Wildman–Crippen MR) is 43.6 cm³/mol.